The van der Waals surface area contributed by atoms with Crippen molar-refractivity contribution in [3.63, 3.8) is 0 Å². The van der Waals surface area contributed by atoms with Crippen LogP contribution >= 0.6 is 11.6 Å². The zero-order valence-corrected chi connectivity index (χ0v) is 26.0. The van der Waals surface area contributed by atoms with Gasteiger partial charge in [0.15, 0.2) is 17.3 Å². The Morgan fingerprint density at radius 3 is 2.21 bits per heavy atom. The molecule has 5 aromatic rings. The van der Waals surface area contributed by atoms with E-state index in [-0.39, 0.29) is 25.4 Å². The van der Waals surface area contributed by atoms with Crippen LogP contribution in [0, 0.1) is 5.82 Å². The summed E-state index contributed by atoms with van der Waals surface area (Å²) in [5.74, 6) is 1.09. The fraction of sp³-hybridized carbons (Fsp3) is 0.206. The minimum absolute atomic E-state index is 0.104. The molecule has 0 unspecified atom stereocenters. The van der Waals surface area contributed by atoms with Crippen molar-refractivity contribution < 1.29 is 18.3 Å². The highest BCUT2D eigenvalue weighted by Crippen LogP contribution is 2.48. The standard InChI is InChI=1S/C34H32ClFN2O3Si/c1-6-40-29-20-25-24(19-28(29)39-5)26(17-18-37-25)38(23-15-11-8-12-16-23)27-21-30(41-42-34(2,3)4)32(35)31(33(27)36)22-13-9-7-10-14-22/h7-21H,6H2,1-5H3. The lowest BCUT2D eigenvalue weighted by Gasteiger charge is -2.29. The van der Waals surface area contributed by atoms with E-state index in [4.69, 9.17) is 25.5 Å². The van der Waals surface area contributed by atoms with Crippen LogP contribution in [0.25, 0.3) is 22.0 Å². The minimum atomic E-state index is -0.468. The van der Waals surface area contributed by atoms with Crippen LogP contribution in [0.5, 0.6) is 17.2 Å². The zero-order valence-electron chi connectivity index (χ0n) is 24.2. The molecule has 8 heteroatoms. The molecule has 0 saturated carbocycles. The highest BCUT2D eigenvalue weighted by atomic mass is 35.5. The molecule has 0 spiro atoms. The highest BCUT2D eigenvalue weighted by molar-refractivity contribution is 6.37. The van der Waals surface area contributed by atoms with E-state index in [0.717, 1.165) is 11.1 Å². The molecule has 0 aliphatic rings. The molecule has 5 rings (SSSR count). The Balaban J connectivity index is 1.82. The number of para-hydroxylation sites is 1. The molecular formula is C34H32ClFN2O3Si. The first-order valence-corrected chi connectivity index (χ1v) is 15.0. The molecule has 0 atom stereocenters. The van der Waals surface area contributed by atoms with Crippen LogP contribution in [0.3, 0.4) is 0 Å². The van der Waals surface area contributed by atoms with Crippen molar-refractivity contribution in [1.29, 1.82) is 0 Å². The molecule has 2 radical (unpaired) electrons. The summed E-state index contributed by atoms with van der Waals surface area (Å²) >= 11 is 6.91. The van der Waals surface area contributed by atoms with Crippen LogP contribution in [-0.2, 0) is 0 Å². The molecule has 1 aromatic heterocycles. The van der Waals surface area contributed by atoms with Gasteiger partial charge in [-0.1, -0.05) is 80.9 Å². The van der Waals surface area contributed by atoms with E-state index in [1.807, 2.05) is 90.7 Å². The summed E-state index contributed by atoms with van der Waals surface area (Å²) in [7, 11) is 1.70. The summed E-state index contributed by atoms with van der Waals surface area (Å²) in [4.78, 5) is 6.47. The number of aromatic nitrogens is 1. The Morgan fingerprint density at radius 1 is 0.881 bits per heavy atom. The summed E-state index contributed by atoms with van der Waals surface area (Å²) in [6.07, 6.45) is 1.71. The number of pyridine rings is 1. The lowest BCUT2D eigenvalue weighted by Crippen LogP contribution is -2.17. The second-order valence-corrected chi connectivity index (χ2v) is 13.0. The number of hydrogen-bond acceptors (Lipinski definition) is 5. The summed E-state index contributed by atoms with van der Waals surface area (Å²) in [5, 5.41) is 0.881. The average Bonchev–Trinajstić information content (AvgIpc) is 2.98. The lowest BCUT2D eigenvalue weighted by atomic mass is 10.0. The normalized spacial score (nSPS) is 11.4. The van der Waals surface area contributed by atoms with Gasteiger partial charge in [-0.05, 0) is 41.8 Å². The molecule has 214 valence electrons. The van der Waals surface area contributed by atoms with E-state index in [2.05, 4.69) is 25.8 Å². The van der Waals surface area contributed by atoms with E-state index in [0.29, 0.717) is 46.3 Å². The number of nitrogens with zero attached hydrogens (tertiary/aromatic N) is 2. The molecule has 0 N–H and O–H groups in total. The van der Waals surface area contributed by atoms with Gasteiger partial charge in [-0.2, -0.15) is 0 Å². The zero-order chi connectivity index (χ0) is 29.9. The molecule has 0 aliphatic heterocycles. The largest absolute Gasteiger partial charge is 0.539 e. The van der Waals surface area contributed by atoms with Crippen LogP contribution in [0.15, 0.2) is 91.1 Å². The number of anilines is 3. The van der Waals surface area contributed by atoms with Crippen molar-refractivity contribution >= 4 is 49.3 Å². The number of hydrogen-bond donors (Lipinski definition) is 0. The maximum Gasteiger partial charge on any atom is 0.316 e. The fourth-order valence-electron chi connectivity index (χ4n) is 4.65. The number of halogens is 2. The van der Waals surface area contributed by atoms with Gasteiger partial charge in [0.05, 0.1) is 35.6 Å². The Hall–Kier alpha value is -4.07. The van der Waals surface area contributed by atoms with Crippen LogP contribution in [0.1, 0.15) is 27.7 Å². The van der Waals surface area contributed by atoms with Gasteiger partial charge in [-0.3, -0.25) is 4.98 Å². The number of methoxy groups -OCH3 is 1. The van der Waals surface area contributed by atoms with Crippen molar-refractivity contribution in [2.24, 2.45) is 0 Å². The predicted molar refractivity (Wildman–Crippen MR) is 171 cm³/mol. The van der Waals surface area contributed by atoms with Gasteiger partial charge < -0.3 is 18.8 Å². The first kappa shape index (κ1) is 29.4. The summed E-state index contributed by atoms with van der Waals surface area (Å²) in [6.45, 7) is 8.66. The monoisotopic (exact) mass is 598 g/mol. The molecule has 0 saturated heterocycles. The number of ether oxygens (including phenoxy) is 2. The van der Waals surface area contributed by atoms with Gasteiger partial charge in [-0.25, -0.2) is 4.39 Å². The molecule has 42 heavy (non-hydrogen) atoms. The van der Waals surface area contributed by atoms with Crippen molar-refractivity contribution in [3.8, 4) is 28.4 Å². The lowest BCUT2D eigenvalue weighted by molar-refractivity contribution is 0.311. The molecule has 0 amide bonds. The van der Waals surface area contributed by atoms with E-state index in [9.17, 15) is 0 Å². The third-order valence-electron chi connectivity index (χ3n) is 6.48. The first-order chi connectivity index (χ1) is 20.2. The molecule has 4 aromatic carbocycles. The first-order valence-electron chi connectivity index (χ1n) is 13.7. The van der Waals surface area contributed by atoms with Gasteiger partial charge in [0, 0.05) is 35.0 Å². The summed E-state index contributed by atoms with van der Waals surface area (Å²) in [5.41, 5.74) is 3.36. The second kappa shape index (κ2) is 12.4. The number of benzene rings is 4. The van der Waals surface area contributed by atoms with E-state index < -0.39 is 5.82 Å². The Morgan fingerprint density at radius 2 is 1.57 bits per heavy atom. The van der Waals surface area contributed by atoms with Crippen LogP contribution < -0.4 is 18.8 Å². The quantitative estimate of drug-likeness (QED) is 0.158. The predicted octanol–water partition coefficient (Wildman–Crippen LogP) is 9.79. The fourth-order valence-corrected chi connectivity index (χ4v) is 5.58. The number of fused-ring (bicyclic) bond motifs is 1. The van der Waals surface area contributed by atoms with Crippen molar-refractivity contribution in [3.05, 3.63) is 102 Å². The number of rotatable bonds is 9. The van der Waals surface area contributed by atoms with E-state index in [1.165, 1.54) is 0 Å². The van der Waals surface area contributed by atoms with Gasteiger partial charge in [0.25, 0.3) is 0 Å². The third kappa shape index (κ3) is 6.08. The van der Waals surface area contributed by atoms with Gasteiger partial charge in [-0.15, -0.1) is 0 Å². The topological polar surface area (TPSA) is 43.8 Å². The highest BCUT2D eigenvalue weighted by Gasteiger charge is 2.27. The Bertz CT molecular complexity index is 1700. The Labute approximate surface area is 253 Å². The van der Waals surface area contributed by atoms with Gasteiger partial charge in [0.2, 0.25) is 0 Å². The third-order valence-corrected chi connectivity index (χ3v) is 7.79. The van der Waals surface area contributed by atoms with Crippen molar-refractivity contribution in [2.75, 3.05) is 18.6 Å². The summed E-state index contributed by atoms with van der Waals surface area (Å²) in [6, 6.07) is 26.2. The van der Waals surface area contributed by atoms with E-state index in [1.54, 1.807) is 19.4 Å². The van der Waals surface area contributed by atoms with Crippen molar-refractivity contribution in [2.45, 2.75) is 32.7 Å². The maximum atomic E-state index is 17.0. The van der Waals surface area contributed by atoms with Crippen LogP contribution in [0.2, 0.25) is 10.1 Å². The molecule has 1 heterocycles. The van der Waals surface area contributed by atoms with Crippen molar-refractivity contribution in [1.82, 2.24) is 4.98 Å². The smallest absolute Gasteiger partial charge is 0.316 e. The van der Waals surface area contributed by atoms with Gasteiger partial charge >= 0.3 is 9.76 Å². The van der Waals surface area contributed by atoms with Gasteiger partial charge in [0.1, 0.15) is 5.75 Å². The SMILES string of the molecule is CCOc1cc2nccc(N(c3ccccc3)c3cc(O[Si]C(C)(C)C)c(Cl)c(-c4ccccc4)c3F)c2cc1OC. The van der Waals surface area contributed by atoms with Crippen LogP contribution in [-0.4, -0.2) is 28.5 Å². The second-order valence-electron chi connectivity index (χ2n) is 10.7. The molecular weight excluding hydrogens is 567 g/mol. The van der Waals surface area contributed by atoms with E-state index >= 15 is 4.39 Å². The van der Waals surface area contributed by atoms with Crippen LogP contribution in [0.4, 0.5) is 21.5 Å². The average molecular weight is 599 g/mol. The molecule has 0 bridgehead atoms. The summed E-state index contributed by atoms with van der Waals surface area (Å²) < 4.78 is 34.7. The Kier molecular flexibility index (Phi) is 8.71. The maximum absolute atomic E-state index is 17.0. The minimum Gasteiger partial charge on any atom is -0.539 e. The molecule has 0 fully saturated rings. The molecule has 5 nitrogen and oxygen atoms in total. The molecule has 0 aliphatic carbocycles.